The van der Waals surface area contributed by atoms with Crippen LogP contribution in [0.4, 0.5) is 0 Å². The van der Waals surface area contributed by atoms with Crippen molar-refractivity contribution >= 4 is 0 Å². The van der Waals surface area contributed by atoms with Crippen LogP contribution in [0.1, 0.15) is 106 Å². The first-order valence-corrected chi connectivity index (χ1v) is 11.8. The second-order valence-corrected chi connectivity index (χ2v) is 9.09. The molecule has 0 spiro atoms. The fraction of sp³-hybridized carbons (Fsp3) is 0.533. The summed E-state index contributed by atoms with van der Waals surface area (Å²) >= 11 is 0. The maximum absolute atomic E-state index is 4.00. The Morgan fingerprint density at radius 2 is 0.900 bits per heavy atom. The fourth-order valence-corrected chi connectivity index (χ4v) is 3.21. The van der Waals surface area contributed by atoms with E-state index in [9.17, 15) is 0 Å². The van der Waals surface area contributed by atoms with Crippen LogP contribution in [0.2, 0.25) is 0 Å². The molecule has 0 fully saturated rings. The quantitative estimate of drug-likeness (QED) is 0.187. The third kappa shape index (κ3) is 18.2. The molecule has 0 bridgehead atoms. The van der Waals surface area contributed by atoms with Crippen molar-refractivity contribution in [3.8, 4) is 0 Å². The minimum absolute atomic E-state index is 1.01. The monoisotopic (exact) mass is 408 g/mol. The fourth-order valence-electron chi connectivity index (χ4n) is 3.21. The van der Waals surface area contributed by atoms with Crippen LogP contribution in [-0.2, 0) is 0 Å². The summed E-state index contributed by atoms with van der Waals surface area (Å²) < 4.78 is 0. The molecule has 0 nitrogen and oxygen atoms in total. The van der Waals surface area contributed by atoms with E-state index in [-0.39, 0.29) is 0 Å². The Bertz CT molecular complexity index is 663. The van der Waals surface area contributed by atoms with E-state index in [4.69, 9.17) is 0 Å². The Kier molecular flexibility index (Phi) is 16.9. The van der Waals surface area contributed by atoms with Crippen LogP contribution in [0.5, 0.6) is 0 Å². The zero-order chi connectivity index (χ0) is 22.8. The maximum Gasteiger partial charge on any atom is -0.0161 e. The molecule has 0 heterocycles. The van der Waals surface area contributed by atoms with Crippen LogP contribution in [0.3, 0.4) is 0 Å². The number of hydrogen-bond acceptors (Lipinski definition) is 0. The smallest absolute Gasteiger partial charge is 0.0161 e. The molecule has 0 aromatic heterocycles. The number of allylic oxidation sites excluding steroid dienone is 13. The predicted molar refractivity (Wildman–Crippen MR) is 140 cm³/mol. The number of hydrogen-bond donors (Lipinski definition) is 0. The zero-order valence-electron chi connectivity index (χ0n) is 21.1. The molecule has 30 heavy (non-hydrogen) atoms. The first kappa shape index (κ1) is 28.2. The van der Waals surface area contributed by atoms with Crippen molar-refractivity contribution in [2.24, 2.45) is 0 Å². The van der Waals surface area contributed by atoms with Crippen molar-refractivity contribution in [1.82, 2.24) is 0 Å². The van der Waals surface area contributed by atoms with Crippen molar-refractivity contribution in [2.75, 3.05) is 0 Å². The molecule has 0 saturated carbocycles. The highest BCUT2D eigenvalue weighted by molar-refractivity contribution is 5.19. The van der Waals surface area contributed by atoms with E-state index < -0.39 is 0 Å². The lowest BCUT2D eigenvalue weighted by Crippen LogP contribution is -1.83. The molecule has 0 radical (unpaired) electrons. The summed E-state index contributed by atoms with van der Waals surface area (Å²) in [4.78, 5) is 0. The van der Waals surface area contributed by atoms with Gasteiger partial charge >= 0.3 is 0 Å². The molecular formula is C30H48. The zero-order valence-corrected chi connectivity index (χ0v) is 21.1. The van der Waals surface area contributed by atoms with E-state index >= 15 is 0 Å². The molecule has 0 rings (SSSR count). The van der Waals surface area contributed by atoms with Gasteiger partial charge in [-0.1, -0.05) is 82.5 Å². The molecule has 0 saturated heterocycles. The average molecular weight is 409 g/mol. The van der Waals surface area contributed by atoms with E-state index in [1.54, 1.807) is 0 Å². The van der Waals surface area contributed by atoms with E-state index in [1.807, 2.05) is 6.08 Å². The molecule has 0 heteroatoms. The van der Waals surface area contributed by atoms with Crippen LogP contribution >= 0.6 is 0 Å². The van der Waals surface area contributed by atoms with Gasteiger partial charge in [0, 0.05) is 0 Å². The van der Waals surface area contributed by atoms with Crippen LogP contribution in [-0.4, -0.2) is 0 Å². The van der Waals surface area contributed by atoms with Gasteiger partial charge in [-0.05, 0) is 106 Å². The molecule has 0 aliphatic carbocycles. The van der Waals surface area contributed by atoms with Crippen molar-refractivity contribution in [2.45, 2.75) is 106 Å². The van der Waals surface area contributed by atoms with Gasteiger partial charge in [0.05, 0.1) is 0 Å². The van der Waals surface area contributed by atoms with E-state index in [1.165, 1.54) is 52.7 Å². The third-order valence-electron chi connectivity index (χ3n) is 5.25. The van der Waals surface area contributed by atoms with Gasteiger partial charge in [-0.2, -0.15) is 0 Å². The van der Waals surface area contributed by atoms with Crippen molar-refractivity contribution in [3.63, 3.8) is 0 Å². The molecule has 0 aromatic carbocycles. The molecule has 0 aliphatic heterocycles. The van der Waals surface area contributed by atoms with E-state index in [2.05, 4.69) is 91.5 Å². The Morgan fingerprint density at radius 3 is 1.33 bits per heavy atom. The normalized spacial score (nSPS) is 13.3. The van der Waals surface area contributed by atoms with Gasteiger partial charge in [-0.3, -0.25) is 0 Å². The predicted octanol–water partition coefficient (Wildman–Crippen LogP) is 10.4. The highest BCUT2D eigenvalue weighted by Gasteiger charge is 1.95. The Hall–Kier alpha value is -1.82. The minimum atomic E-state index is 1.01. The van der Waals surface area contributed by atoms with Gasteiger partial charge < -0.3 is 0 Å². The van der Waals surface area contributed by atoms with Gasteiger partial charge in [0.2, 0.25) is 0 Å². The lowest BCUT2D eigenvalue weighted by Gasteiger charge is -2.03. The molecule has 0 aliphatic rings. The van der Waals surface area contributed by atoms with Crippen molar-refractivity contribution in [1.29, 1.82) is 0 Å². The van der Waals surface area contributed by atoms with E-state index in [0.29, 0.717) is 0 Å². The highest BCUT2D eigenvalue weighted by Crippen LogP contribution is 2.15. The Balaban J connectivity index is 4.31. The lowest BCUT2D eigenvalue weighted by atomic mass is 10.0. The molecule has 0 amide bonds. The molecule has 0 atom stereocenters. The summed E-state index contributed by atoms with van der Waals surface area (Å²) in [6.07, 6.45) is 26.4. The molecule has 168 valence electrons. The lowest BCUT2D eigenvalue weighted by molar-refractivity contribution is 0.913. The first-order chi connectivity index (χ1) is 14.2. The molecule has 0 N–H and O–H groups in total. The van der Waals surface area contributed by atoms with Gasteiger partial charge in [0.25, 0.3) is 0 Å². The first-order valence-electron chi connectivity index (χ1n) is 11.8. The van der Waals surface area contributed by atoms with Crippen LogP contribution < -0.4 is 0 Å². The summed E-state index contributed by atoms with van der Waals surface area (Å²) in [5.74, 6) is 0. The second kappa shape index (κ2) is 18.0. The van der Waals surface area contributed by atoms with Crippen LogP contribution in [0.15, 0.2) is 82.5 Å². The van der Waals surface area contributed by atoms with Gasteiger partial charge in [0.15, 0.2) is 0 Å². The summed E-state index contributed by atoms with van der Waals surface area (Å²) in [5, 5.41) is 0. The number of rotatable bonds is 15. The standard InChI is InChI=1S/C30H48/c1-9-30(23-13-21-28(7)18-11-16-26(4)5)24-14-22-29(8)20-12-19-27(6)17-10-15-25(2)3/h9,15-16,19,21-22,24H,1,10-14,17-18,20,23H2,2-8H3. The van der Waals surface area contributed by atoms with Crippen molar-refractivity contribution < 1.29 is 0 Å². The van der Waals surface area contributed by atoms with Gasteiger partial charge in [-0.15, -0.1) is 0 Å². The van der Waals surface area contributed by atoms with Gasteiger partial charge in [0.1, 0.15) is 0 Å². The summed E-state index contributed by atoms with van der Waals surface area (Å²) in [6, 6.07) is 0. The summed E-state index contributed by atoms with van der Waals surface area (Å²) in [6.45, 7) is 19.4. The average Bonchev–Trinajstić information content (AvgIpc) is 2.66. The van der Waals surface area contributed by atoms with E-state index in [0.717, 1.165) is 38.5 Å². The van der Waals surface area contributed by atoms with Crippen LogP contribution in [0.25, 0.3) is 0 Å². The van der Waals surface area contributed by atoms with Crippen molar-refractivity contribution in [3.05, 3.63) is 82.5 Å². The largest absolute Gasteiger partial charge is 0.0988 e. The second-order valence-electron chi connectivity index (χ2n) is 9.09. The minimum Gasteiger partial charge on any atom is -0.0988 e. The Morgan fingerprint density at radius 1 is 0.500 bits per heavy atom. The topological polar surface area (TPSA) is 0 Å². The third-order valence-corrected chi connectivity index (χ3v) is 5.25. The summed E-state index contributed by atoms with van der Waals surface area (Å²) in [7, 11) is 0. The molecule has 0 unspecified atom stereocenters. The maximum atomic E-state index is 4.00. The summed E-state index contributed by atoms with van der Waals surface area (Å²) in [5.41, 5.74) is 8.68. The molecule has 0 aromatic rings. The van der Waals surface area contributed by atoms with Crippen LogP contribution in [0, 0.1) is 0 Å². The SMILES string of the molecule is C=CC(=CCC=C(C)CCC=C(C)CCC=C(C)C)CCC=C(C)CCC=C(C)C. The van der Waals surface area contributed by atoms with Gasteiger partial charge in [-0.25, -0.2) is 0 Å². The Labute approximate surface area is 188 Å². The molecular weight excluding hydrogens is 360 g/mol. The highest BCUT2D eigenvalue weighted by atomic mass is 14.0.